The summed E-state index contributed by atoms with van der Waals surface area (Å²) in [5.74, 6) is 0.603. The molecule has 4 rings (SSSR count). The monoisotopic (exact) mass is 444 g/mol. The molecule has 0 atom stereocenters. The maximum Gasteiger partial charge on any atom is 0.221 e. The van der Waals surface area contributed by atoms with Crippen LogP contribution in [0.4, 0.5) is 11.4 Å². The Morgan fingerprint density at radius 3 is 1.70 bits per heavy atom. The average molecular weight is 445 g/mol. The Bertz CT molecular complexity index is 1030. The predicted octanol–water partition coefficient (Wildman–Crippen LogP) is 5.16. The Balaban J connectivity index is 0.000000186. The van der Waals surface area contributed by atoms with E-state index in [-0.39, 0.29) is 11.8 Å². The molecule has 1 fully saturated rings. The minimum atomic E-state index is -0.0586. The van der Waals surface area contributed by atoms with Crippen LogP contribution in [0.5, 0.6) is 0 Å². The number of nitrogens with one attached hydrogen (secondary N) is 2. The quantitative estimate of drug-likeness (QED) is 0.583. The van der Waals surface area contributed by atoms with Crippen LogP contribution >= 0.6 is 0 Å². The average Bonchev–Trinajstić information content (AvgIpc) is 2.81. The van der Waals surface area contributed by atoms with Gasteiger partial charge in [0.25, 0.3) is 0 Å². The molecule has 1 aliphatic rings. The van der Waals surface area contributed by atoms with Crippen molar-refractivity contribution in [2.45, 2.75) is 32.6 Å². The number of rotatable bonds is 4. The van der Waals surface area contributed by atoms with Crippen LogP contribution in [0.25, 0.3) is 11.1 Å². The van der Waals surface area contributed by atoms with Gasteiger partial charge < -0.3 is 15.5 Å². The summed E-state index contributed by atoms with van der Waals surface area (Å²) in [5.41, 5.74) is 5.31. The summed E-state index contributed by atoms with van der Waals surface area (Å²) < 4.78 is 0. The molecule has 1 saturated heterocycles. The Labute approximate surface area is 196 Å². The Kier molecular flexibility index (Phi) is 8.72. The van der Waals surface area contributed by atoms with E-state index < -0.39 is 0 Å². The lowest BCUT2D eigenvalue weighted by Gasteiger charge is -2.29. The number of hydrogen-bond acceptors (Lipinski definition) is 4. The fourth-order valence-corrected chi connectivity index (χ4v) is 3.88. The molecule has 0 aliphatic carbocycles. The summed E-state index contributed by atoms with van der Waals surface area (Å²) in [6.07, 6.45) is 5.99. The topological polar surface area (TPSA) is 74.3 Å². The van der Waals surface area contributed by atoms with Crippen LogP contribution in [-0.4, -0.2) is 41.8 Å². The number of likely N-dealkylation sites (tertiary alicyclic amines) is 1. The number of anilines is 2. The van der Waals surface area contributed by atoms with E-state index in [1.54, 1.807) is 12.4 Å². The van der Waals surface area contributed by atoms with Crippen molar-refractivity contribution in [3.8, 4) is 11.1 Å². The first-order valence-corrected chi connectivity index (χ1v) is 11.2. The number of carbonyl (C=O) groups excluding carboxylic acids is 2. The van der Waals surface area contributed by atoms with E-state index in [1.165, 1.54) is 45.3 Å². The van der Waals surface area contributed by atoms with Crippen molar-refractivity contribution in [3.05, 3.63) is 78.6 Å². The molecule has 0 bridgehead atoms. The summed E-state index contributed by atoms with van der Waals surface area (Å²) >= 11 is 0. The van der Waals surface area contributed by atoms with Crippen LogP contribution in [0.2, 0.25) is 0 Å². The van der Waals surface area contributed by atoms with Crippen molar-refractivity contribution in [2.75, 3.05) is 30.8 Å². The highest BCUT2D eigenvalue weighted by Gasteiger charge is 2.17. The van der Waals surface area contributed by atoms with Gasteiger partial charge >= 0.3 is 0 Å². The van der Waals surface area contributed by atoms with Crippen LogP contribution < -0.4 is 10.6 Å². The summed E-state index contributed by atoms with van der Waals surface area (Å²) in [4.78, 5) is 28.1. The molecule has 2 N–H and O–H groups in total. The molecule has 1 aromatic heterocycles. The van der Waals surface area contributed by atoms with Gasteiger partial charge in [0.2, 0.25) is 11.8 Å². The van der Waals surface area contributed by atoms with Gasteiger partial charge in [0.1, 0.15) is 0 Å². The summed E-state index contributed by atoms with van der Waals surface area (Å²) in [6, 6.07) is 19.9. The molecule has 0 saturated carbocycles. The molecule has 0 unspecified atom stereocenters. The minimum Gasteiger partial charge on any atom is -0.326 e. The number of benzene rings is 2. The number of aromatic nitrogens is 1. The van der Waals surface area contributed by atoms with Crippen LogP contribution in [-0.2, 0) is 9.59 Å². The number of hydrogen-bond donors (Lipinski definition) is 2. The van der Waals surface area contributed by atoms with Crippen molar-refractivity contribution < 1.29 is 9.59 Å². The zero-order valence-electron chi connectivity index (χ0n) is 19.5. The Morgan fingerprint density at radius 2 is 1.21 bits per heavy atom. The maximum absolute atomic E-state index is 10.9. The van der Waals surface area contributed by atoms with Gasteiger partial charge in [-0.1, -0.05) is 24.3 Å². The molecule has 2 aromatic carbocycles. The standard InChI is InChI=1S/C14H20N2O.C13H12N2O/c1-11(17)15-14-5-3-12(4-6-14)13-7-9-16(2)10-8-13;1-10(16)15-13-4-2-11(3-5-13)12-6-8-14-9-7-12/h3-6,13H,7-10H2,1-2H3,(H,15,17);2-9H,1H3,(H,15,16). The highest BCUT2D eigenvalue weighted by atomic mass is 16.2. The van der Waals surface area contributed by atoms with E-state index in [4.69, 9.17) is 0 Å². The van der Waals surface area contributed by atoms with Gasteiger partial charge in [-0.05, 0) is 92.0 Å². The van der Waals surface area contributed by atoms with Gasteiger partial charge in [0, 0.05) is 37.6 Å². The van der Waals surface area contributed by atoms with Crippen molar-refractivity contribution in [3.63, 3.8) is 0 Å². The predicted molar refractivity (Wildman–Crippen MR) is 134 cm³/mol. The molecule has 1 aliphatic heterocycles. The largest absolute Gasteiger partial charge is 0.326 e. The number of nitrogens with zero attached hydrogens (tertiary/aromatic N) is 2. The number of amides is 2. The fraction of sp³-hybridized carbons (Fsp3) is 0.296. The van der Waals surface area contributed by atoms with Crippen LogP contribution in [0, 0.1) is 0 Å². The highest BCUT2D eigenvalue weighted by molar-refractivity contribution is 5.89. The maximum atomic E-state index is 10.9. The summed E-state index contributed by atoms with van der Waals surface area (Å²) in [7, 11) is 2.18. The van der Waals surface area contributed by atoms with Crippen LogP contribution in [0.3, 0.4) is 0 Å². The normalized spacial score (nSPS) is 14.0. The van der Waals surface area contributed by atoms with Crippen LogP contribution in [0.1, 0.15) is 38.2 Å². The van der Waals surface area contributed by atoms with E-state index in [2.05, 4.69) is 39.7 Å². The minimum absolute atomic E-state index is 0.0166. The molecule has 2 amide bonds. The zero-order chi connectivity index (χ0) is 23.6. The first-order chi connectivity index (χ1) is 15.9. The van der Waals surface area contributed by atoms with Crippen molar-refractivity contribution >= 4 is 23.2 Å². The molecule has 2 heterocycles. The van der Waals surface area contributed by atoms with E-state index >= 15 is 0 Å². The highest BCUT2D eigenvalue weighted by Crippen LogP contribution is 2.28. The van der Waals surface area contributed by atoms with Crippen molar-refractivity contribution in [2.24, 2.45) is 0 Å². The van der Waals surface area contributed by atoms with Gasteiger partial charge in [-0.2, -0.15) is 0 Å². The first-order valence-electron chi connectivity index (χ1n) is 11.2. The van der Waals surface area contributed by atoms with Gasteiger partial charge in [0.05, 0.1) is 0 Å². The second kappa shape index (κ2) is 11.9. The van der Waals surface area contributed by atoms with Gasteiger partial charge in [-0.15, -0.1) is 0 Å². The third-order valence-electron chi connectivity index (χ3n) is 5.64. The molecule has 172 valence electrons. The van der Waals surface area contributed by atoms with E-state index in [0.29, 0.717) is 5.92 Å². The van der Waals surface area contributed by atoms with Crippen LogP contribution in [0.15, 0.2) is 73.1 Å². The lowest BCUT2D eigenvalue weighted by Crippen LogP contribution is -2.29. The second-order valence-electron chi connectivity index (χ2n) is 8.38. The molecule has 0 radical (unpaired) electrons. The summed E-state index contributed by atoms with van der Waals surface area (Å²) in [5, 5.41) is 5.53. The third-order valence-corrected chi connectivity index (χ3v) is 5.64. The second-order valence-corrected chi connectivity index (χ2v) is 8.38. The molecule has 0 spiro atoms. The number of pyridine rings is 1. The lowest BCUT2D eigenvalue weighted by molar-refractivity contribution is -0.115. The molecular weight excluding hydrogens is 412 g/mol. The van der Waals surface area contributed by atoms with Gasteiger partial charge in [-0.3, -0.25) is 14.6 Å². The zero-order valence-corrected chi connectivity index (χ0v) is 19.5. The van der Waals surface area contributed by atoms with Gasteiger partial charge in [0.15, 0.2) is 0 Å². The lowest BCUT2D eigenvalue weighted by atomic mass is 9.89. The Hall–Kier alpha value is -3.51. The molecule has 6 heteroatoms. The third kappa shape index (κ3) is 7.84. The fourth-order valence-electron chi connectivity index (χ4n) is 3.88. The Morgan fingerprint density at radius 1 is 0.758 bits per heavy atom. The van der Waals surface area contributed by atoms with E-state index in [9.17, 15) is 9.59 Å². The number of piperidine rings is 1. The molecule has 33 heavy (non-hydrogen) atoms. The molecular formula is C27H32N4O2. The number of carbonyl (C=O) groups is 2. The molecule has 3 aromatic rings. The van der Waals surface area contributed by atoms with Crippen molar-refractivity contribution in [1.29, 1.82) is 0 Å². The summed E-state index contributed by atoms with van der Waals surface area (Å²) in [6.45, 7) is 5.39. The smallest absolute Gasteiger partial charge is 0.221 e. The molecule has 6 nitrogen and oxygen atoms in total. The van der Waals surface area contributed by atoms with E-state index in [0.717, 1.165) is 22.5 Å². The SMILES string of the molecule is CC(=O)Nc1ccc(-c2ccncc2)cc1.CC(=O)Nc1ccc(C2CCN(C)CC2)cc1. The van der Waals surface area contributed by atoms with Crippen molar-refractivity contribution in [1.82, 2.24) is 9.88 Å². The van der Waals surface area contributed by atoms with E-state index in [1.807, 2.05) is 48.5 Å². The first kappa shape index (κ1) is 24.1. The van der Waals surface area contributed by atoms with Gasteiger partial charge in [-0.25, -0.2) is 0 Å².